The van der Waals surface area contributed by atoms with Gasteiger partial charge in [-0.05, 0) is 68.6 Å². The monoisotopic (exact) mass is 349 g/mol. The molecule has 134 valence electrons. The quantitative estimate of drug-likeness (QED) is 0.863. The maximum Gasteiger partial charge on any atom is 0.175 e. The molecular formula is C20H31NO2S. The van der Waals surface area contributed by atoms with Crippen molar-refractivity contribution < 1.29 is 8.42 Å². The number of hydrogen-bond donors (Lipinski definition) is 1. The standard InChI is InChI=1S/C20H31NO2S/c1-15(16-6-4-3-5-7-16)21-19-11-8-18(14-19)17-9-12-20(13-10-17)24(2,22)23/h9-10,12-13,15-16,18-19,21H,3-8,11,14H2,1-2H3. The molecule has 24 heavy (non-hydrogen) atoms. The molecule has 2 aliphatic carbocycles. The van der Waals surface area contributed by atoms with Crippen molar-refractivity contribution in [1.82, 2.24) is 5.32 Å². The highest BCUT2D eigenvalue weighted by molar-refractivity contribution is 7.90. The van der Waals surface area contributed by atoms with Crippen LogP contribution in [-0.4, -0.2) is 26.8 Å². The molecule has 1 N–H and O–H groups in total. The van der Waals surface area contributed by atoms with Crippen LogP contribution >= 0.6 is 0 Å². The summed E-state index contributed by atoms with van der Waals surface area (Å²) < 4.78 is 23.2. The SMILES string of the molecule is CC(NC1CCC(c2ccc(S(C)(=O)=O)cc2)C1)C1CCCCC1. The van der Waals surface area contributed by atoms with E-state index in [-0.39, 0.29) is 0 Å². The summed E-state index contributed by atoms with van der Waals surface area (Å²) in [4.78, 5) is 0.421. The lowest BCUT2D eigenvalue weighted by Gasteiger charge is -2.30. The first-order valence-electron chi connectivity index (χ1n) is 9.49. The molecule has 0 bridgehead atoms. The van der Waals surface area contributed by atoms with Crippen LogP contribution in [0.5, 0.6) is 0 Å². The second-order valence-corrected chi connectivity index (χ2v) is 9.92. The van der Waals surface area contributed by atoms with E-state index in [0.29, 0.717) is 22.9 Å². The molecule has 4 heteroatoms. The normalized spacial score (nSPS) is 27.2. The Kier molecular flexibility index (Phi) is 5.66. The summed E-state index contributed by atoms with van der Waals surface area (Å²) in [6.45, 7) is 2.37. The van der Waals surface area contributed by atoms with Gasteiger partial charge in [0.25, 0.3) is 0 Å². The van der Waals surface area contributed by atoms with Crippen LogP contribution in [0.3, 0.4) is 0 Å². The fourth-order valence-corrected chi connectivity index (χ4v) is 5.20. The van der Waals surface area contributed by atoms with E-state index in [9.17, 15) is 8.42 Å². The molecule has 2 aliphatic rings. The molecule has 0 aliphatic heterocycles. The Hall–Kier alpha value is -0.870. The van der Waals surface area contributed by atoms with E-state index in [1.807, 2.05) is 12.1 Å². The Morgan fingerprint density at radius 3 is 2.29 bits per heavy atom. The van der Waals surface area contributed by atoms with Gasteiger partial charge in [-0.1, -0.05) is 31.4 Å². The fourth-order valence-electron chi connectivity index (χ4n) is 4.56. The van der Waals surface area contributed by atoms with Crippen LogP contribution in [-0.2, 0) is 9.84 Å². The van der Waals surface area contributed by atoms with Crippen molar-refractivity contribution in [3.63, 3.8) is 0 Å². The molecule has 3 unspecified atom stereocenters. The van der Waals surface area contributed by atoms with Crippen molar-refractivity contribution >= 4 is 9.84 Å². The zero-order valence-electron chi connectivity index (χ0n) is 15.0. The van der Waals surface area contributed by atoms with E-state index >= 15 is 0 Å². The lowest BCUT2D eigenvalue weighted by Crippen LogP contribution is -2.40. The largest absolute Gasteiger partial charge is 0.311 e. The summed E-state index contributed by atoms with van der Waals surface area (Å²) in [6.07, 6.45) is 11.9. The highest BCUT2D eigenvalue weighted by Crippen LogP contribution is 2.36. The minimum absolute atomic E-state index is 0.421. The van der Waals surface area contributed by atoms with Crippen LogP contribution in [0.1, 0.15) is 69.8 Å². The van der Waals surface area contributed by atoms with E-state index in [0.717, 1.165) is 5.92 Å². The lowest BCUT2D eigenvalue weighted by molar-refractivity contribution is 0.263. The Balaban J connectivity index is 1.55. The molecule has 2 fully saturated rings. The van der Waals surface area contributed by atoms with Crippen LogP contribution in [0.25, 0.3) is 0 Å². The van der Waals surface area contributed by atoms with Gasteiger partial charge in [-0.25, -0.2) is 8.42 Å². The number of nitrogens with one attached hydrogen (secondary N) is 1. The first-order valence-corrected chi connectivity index (χ1v) is 11.4. The fraction of sp³-hybridized carbons (Fsp3) is 0.700. The van der Waals surface area contributed by atoms with Gasteiger partial charge in [0.2, 0.25) is 0 Å². The summed E-state index contributed by atoms with van der Waals surface area (Å²) in [5.41, 5.74) is 1.29. The molecule has 3 atom stereocenters. The van der Waals surface area contributed by atoms with Gasteiger partial charge in [0.1, 0.15) is 0 Å². The third-order valence-electron chi connectivity index (χ3n) is 6.07. The predicted molar refractivity (Wildman–Crippen MR) is 99.1 cm³/mol. The van der Waals surface area contributed by atoms with Crippen LogP contribution in [0.4, 0.5) is 0 Å². The lowest BCUT2D eigenvalue weighted by atomic mass is 9.84. The maximum atomic E-state index is 11.6. The topological polar surface area (TPSA) is 46.2 Å². The molecular weight excluding hydrogens is 318 g/mol. The van der Waals surface area contributed by atoms with Crippen molar-refractivity contribution in [2.45, 2.75) is 81.2 Å². The minimum Gasteiger partial charge on any atom is -0.311 e. The molecule has 2 saturated carbocycles. The number of hydrogen-bond acceptors (Lipinski definition) is 3. The summed E-state index contributed by atoms with van der Waals surface area (Å²) in [5.74, 6) is 1.42. The van der Waals surface area contributed by atoms with E-state index in [4.69, 9.17) is 0 Å². The number of rotatable bonds is 5. The van der Waals surface area contributed by atoms with Crippen molar-refractivity contribution in [2.75, 3.05) is 6.26 Å². The average molecular weight is 350 g/mol. The number of benzene rings is 1. The van der Waals surface area contributed by atoms with Gasteiger partial charge >= 0.3 is 0 Å². The van der Waals surface area contributed by atoms with E-state index in [2.05, 4.69) is 12.2 Å². The molecule has 1 aromatic carbocycles. The van der Waals surface area contributed by atoms with Gasteiger partial charge in [-0.15, -0.1) is 0 Å². The smallest absolute Gasteiger partial charge is 0.175 e. The summed E-state index contributed by atoms with van der Waals surface area (Å²) in [7, 11) is -3.09. The summed E-state index contributed by atoms with van der Waals surface area (Å²) in [5, 5.41) is 3.89. The third-order valence-corrected chi connectivity index (χ3v) is 7.20. The van der Waals surface area contributed by atoms with Gasteiger partial charge in [-0.2, -0.15) is 0 Å². The van der Waals surface area contributed by atoms with E-state index < -0.39 is 9.84 Å². The van der Waals surface area contributed by atoms with Crippen molar-refractivity contribution in [2.24, 2.45) is 5.92 Å². The second-order valence-electron chi connectivity index (χ2n) is 7.90. The van der Waals surface area contributed by atoms with Crippen LogP contribution in [0.2, 0.25) is 0 Å². The van der Waals surface area contributed by atoms with E-state index in [1.54, 1.807) is 12.1 Å². The van der Waals surface area contributed by atoms with Gasteiger partial charge in [0.15, 0.2) is 9.84 Å². The van der Waals surface area contributed by atoms with Gasteiger partial charge < -0.3 is 5.32 Å². The van der Waals surface area contributed by atoms with Crippen molar-refractivity contribution in [1.29, 1.82) is 0 Å². The maximum absolute atomic E-state index is 11.6. The zero-order chi connectivity index (χ0) is 17.2. The first kappa shape index (κ1) is 17.9. The van der Waals surface area contributed by atoms with Gasteiger partial charge in [-0.3, -0.25) is 0 Å². The molecule has 0 spiro atoms. The van der Waals surface area contributed by atoms with Crippen LogP contribution < -0.4 is 5.32 Å². The summed E-state index contributed by atoms with van der Waals surface area (Å²) >= 11 is 0. The molecule has 3 nitrogen and oxygen atoms in total. The highest BCUT2D eigenvalue weighted by atomic mass is 32.2. The highest BCUT2D eigenvalue weighted by Gasteiger charge is 2.29. The Morgan fingerprint density at radius 2 is 1.67 bits per heavy atom. The van der Waals surface area contributed by atoms with Crippen LogP contribution in [0.15, 0.2) is 29.2 Å². The number of sulfone groups is 1. The first-order chi connectivity index (χ1) is 11.4. The van der Waals surface area contributed by atoms with E-state index in [1.165, 1.54) is 63.2 Å². The second kappa shape index (κ2) is 7.57. The molecule has 3 rings (SSSR count). The predicted octanol–water partition coefficient (Wildman–Crippen LogP) is 4.28. The van der Waals surface area contributed by atoms with Crippen molar-refractivity contribution in [3.05, 3.63) is 29.8 Å². The molecule has 0 heterocycles. The Morgan fingerprint density at radius 1 is 1.00 bits per heavy atom. The third kappa shape index (κ3) is 4.40. The molecule has 0 radical (unpaired) electrons. The molecule has 0 saturated heterocycles. The molecule has 0 amide bonds. The zero-order valence-corrected chi connectivity index (χ0v) is 15.8. The Bertz CT molecular complexity index is 632. The Labute approximate surface area is 147 Å². The molecule has 0 aromatic heterocycles. The van der Waals surface area contributed by atoms with Gasteiger partial charge in [0.05, 0.1) is 4.90 Å². The average Bonchev–Trinajstić information content (AvgIpc) is 3.03. The summed E-state index contributed by atoms with van der Waals surface area (Å²) in [6, 6.07) is 8.77. The molecule has 1 aromatic rings. The van der Waals surface area contributed by atoms with Crippen LogP contribution in [0, 0.1) is 5.92 Å². The van der Waals surface area contributed by atoms with Crippen molar-refractivity contribution in [3.8, 4) is 0 Å². The van der Waals surface area contributed by atoms with Gasteiger partial charge in [0, 0.05) is 18.3 Å². The minimum atomic E-state index is -3.09.